The van der Waals surface area contributed by atoms with Crippen molar-refractivity contribution in [2.24, 2.45) is 0 Å². The summed E-state index contributed by atoms with van der Waals surface area (Å²) in [5.74, 6) is -0.281. The monoisotopic (exact) mass is 322 g/mol. The van der Waals surface area contributed by atoms with Gasteiger partial charge in [0.2, 0.25) is 0 Å². The predicted octanol–water partition coefficient (Wildman–Crippen LogP) is 4.09. The van der Waals surface area contributed by atoms with Gasteiger partial charge >= 0.3 is 0 Å². The third-order valence-electron chi connectivity index (χ3n) is 3.50. The maximum absolute atomic E-state index is 13.2. The number of hydrogen-bond donors (Lipinski definition) is 0. The van der Waals surface area contributed by atoms with Gasteiger partial charge in [-0.05, 0) is 42.4 Å². The largest absolute Gasteiger partial charge is 0.205 e. The Kier molecular flexibility index (Phi) is 1.77. The number of rotatable bonds is 1. The standard InChI is InChI=1S/C11H9ClFI/c12-8-2-1-7(3-9(8)13)10-4-11(14,5-10)6-10/h1-3H,4-6H2. The van der Waals surface area contributed by atoms with E-state index in [4.69, 9.17) is 11.6 Å². The Morgan fingerprint density at radius 1 is 1.29 bits per heavy atom. The van der Waals surface area contributed by atoms with E-state index in [0.29, 0.717) is 8.84 Å². The van der Waals surface area contributed by atoms with Crippen molar-refractivity contribution in [1.29, 1.82) is 0 Å². The number of alkyl halides is 1. The summed E-state index contributed by atoms with van der Waals surface area (Å²) in [6.07, 6.45) is 3.63. The van der Waals surface area contributed by atoms with Crippen molar-refractivity contribution in [2.45, 2.75) is 28.1 Å². The van der Waals surface area contributed by atoms with Crippen molar-refractivity contribution in [3.05, 3.63) is 34.6 Å². The summed E-state index contributed by atoms with van der Waals surface area (Å²) < 4.78 is 13.8. The molecule has 3 aliphatic rings. The van der Waals surface area contributed by atoms with Gasteiger partial charge < -0.3 is 0 Å². The molecule has 0 atom stereocenters. The lowest BCUT2D eigenvalue weighted by Gasteiger charge is -2.68. The van der Waals surface area contributed by atoms with E-state index in [1.807, 2.05) is 6.07 Å². The highest BCUT2D eigenvalue weighted by atomic mass is 127. The smallest absolute Gasteiger partial charge is 0.142 e. The Balaban J connectivity index is 1.95. The lowest BCUT2D eigenvalue weighted by Crippen LogP contribution is -2.65. The molecule has 3 aliphatic carbocycles. The molecule has 0 N–H and O–H groups in total. The molecule has 1 aromatic rings. The van der Waals surface area contributed by atoms with Crippen LogP contribution in [-0.2, 0) is 5.41 Å². The van der Waals surface area contributed by atoms with Gasteiger partial charge in [0.15, 0.2) is 0 Å². The Morgan fingerprint density at radius 3 is 2.43 bits per heavy atom. The summed E-state index contributed by atoms with van der Waals surface area (Å²) in [4.78, 5) is 0. The summed E-state index contributed by atoms with van der Waals surface area (Å²) >= 11 is 8.18. The van der Waals surface area contributed by atoms with Gasteiger partial charge in [-0.15, -0.1) is 0 Å². The Hall–Kier alpha value is 0.170. The first-order chi connectivity index (χ1) is 6.53. The fourth-order valence-corrected chi connectivity index (χ4v) is 5.10. The molecule has 0 aliphatic heterocycles. The van der Waals surface area contributed by atoms with Gasteiger partial charge in [0.05, 0.1) is 5.02 Å². The van der Waals surface area contributed by atoms with Crippen LogP contribution in [0.3, 0.4) is 0 Å². The van der Waals surface area contributed by atoms with Crippen LogP contribution in [0.2, 0.25) is 5.02 Å². The highest BCUT2D eigenvalue weighted by Gasteiger charge is 2.67. The highest BCUT2D eigenvalue weighted by molar-refractivity contribution is 14.1. The third kappa shape index (κ3) is 1.10. The first kappa shape index (κ1) is 9.40. The van der Waals surface area contributed by atoms with Crippen LogP contribution < -0.4 is 0 Å². The molecule has 2 bridgehead atoms. The van der Waals surface area contributed by atoms with Gasteiger partial charge in [0.25, 0.3) is 0 Å². The molecule has 0 saturated heterocycles. The van der Waals surface area contributed by atoms with Gasteiger partial charge in [0.1, 0.15) is 5.82 Å². The molecule has 74 valence electrons. The molecule has 0 spiro atoms. The minimum absolute atomic E-state index is 0.226. The van der Waals surface area contributed by atoms with Gasteiger partial charge in [-0.1, -0.05) is 40.3 Å². The summed E-state index contributed by atoms with van der Waals surface area (Å²) in [6.45, 7) is 0. The Bertz CT molecular complexity index is 396. The fourth-order valence-electron chi connectivity index (χ4n) is 2.80. The van der Waals surface area contributed by atoms with E-state index < -0.39 is 0 Å². The van der Waals surface area contributed by atoms with Crippen LogP contribution in [0, 0.1) is 5.82 Å². The minimum atomic E-state index is -0.281. The zero-order chi connectivity index (χ0) is 9.97. The summed E-state index contributed by atoms with van der Waals surface area (Å²) in [7, 11) is 0. The quantitative estimate of drug-likeness (QED) is 0.540. The van der Waals surface area contributed by atoms with Crippen molar-refractivity contribution < 1.29 is 4.39 Å². The lowest BCUT2D eigenvalue weighted by molar-refractivity contribution is 0.0218. The predicted molar refractivity (Wildman–Crippen MR) is 63.7 cm³/mol. The van der Waals surface area contributed by atoms with Crippen LogP contribution in [0.15, 0.2) is 18.2 Å². The molecule has 0 unspecified atom stereocenters. The maximum Gasteiger partial charge on any atom is 0.142 e. The summed E-state index contributed by atoms with van der Waals surface area (Å²) in [5, 5.41) is 0.226. The van der Waals surface area contributed by atoms with Crippen molar-refractivity contribution in [3.63, 3.8) is 0 Å². The number of halogens is 3. The van der Waals surface area contributed by atoms with Crippen LogP contribution in [0.5, 0.6) is 0 Å². The molecular formula is C11H9ClFI. The van der Waals surface area contributed by atoms with Crippen LogP contribution in [0.25, 0.3) is 0 Å². The molecule has 3 heteroatoms. The first-order valence-corrected chi connectivity index (χ1v) is 6.13. The van der Waals surface area contributed by atoms with Gasteiger partial charge in [0, 0.05) is 3.42 Å². The van der Waals surface area contributed by atoms with E-state index in [0.717, 1.165) is 5.56 Å². The third-order valence-corrected chi connectivity index (χ3v) is 4.95. The second-order valence-electron chi connectivity index (χ2n) is 4.59. The molecule has 0 nitrogen and oxygen atoms in total. The second-order valence-corrected chi connectivity index (χ2v) is 7.29. The summed E-state index contributed by atoms with van der Waals surface area (Å²) in [5.41, 5.74) is 1.44. The molecular weight excluding hydrogens is 313 g/mol. The highest BCUT2D eigenvalue weighted by Crippen LogP contribution is 2.72. The maximum atomic E-state index is 13.2. The molecule has 3 saturated carbocycles. The molecule has 3 fully saturated rings. The van der Waals surface area contributed by atoms with E-state index >= 15 is 0 Å². The lowest BCUT2D eigenvalue weighted by atomic mass is 9.42. The minimum Gasteiger partial charge on any atom is -0.205 e. The zero-order valence-electron chi connectivity index (χ0n) is 7.49. The van der Waals surface area contributed by atoms with Crippen molar-refractivity contribution in [1.82, 2.24) is 0 Å². The van der Waals surface area contributed by atoms with Crippen molar-refractivity contribution in [2.75, 3.05) is 0 Å². The molecule has 1 aromatic carbocycles. The van der Waals surface area contributed by atoms with Crippen LogP contribution >= 0.6 is 34.2 Å². The van der Waals surface area contributed by atoms with Gasteiger partial charge in [-0.3, -0.25) is 0 Å². The molecule has 0 amide bonds. The summed E-state index contributed by atoms with van der Waals surface area (Å²) in [6, 6.07) is 5.25. The van der Waals surface area contributed by atoms with Crippen LogP contribution in [0.4, 0.5) is 4.39 Å². The Labute approximate surface area is 101 Å². The SMILES string of the molecule is Fc1cc(C23CC(I)(C2)C3)ccc1Cl. The average molecular weight is 323 g/mol. The van der Waals surface area contributed by atoms with Crippen molar-refractivity contribution >= 4 is 34.2 Å². The Morgan fingerprint density at radius 2 is 1.93 bits per heavy atom. The molecule has 0 heterocycles. The normalized spacial score (nSPS) is 38.8. The van der Waals surface area contributed by atoms with Gasteiger partial charge in [-0.25, -0.2) is 4.39 Å². The van der Waals surface area contributed by atoms with E-state index in [1.165, 1.54) is 19.3 Å². The van der Waals surface area contributed by atoms with Gasteiger partial charge in [-0.2, -0.15) is 0 Å². The molecule has 4 rings (SSSR count). The molecule has 0 aromatic heterocycles. The van der Waals surface area contributed by atoms with Crippen LogP contribution in [-0.4, -0.2) is 3.42 Å². The molecule has 0 radical (unpaired) electrons. The topological polar surface area (TPSA) is 0 Å². The molecule has 14 heavy (non-hydrogen) atoms. The fraction of sp³-hybridized carbons (Fsp3) is 0.455. The van der Waals surface area contributed by atoms with E-state index in [2.05, 4.69) is 22.6 Å². The van der Waals surface area contributed by atoms with E-state index in [1.54, 1.807) is 12.1 Å². The zero-order valence-corrected chi connectivity index (χ0v) is 10.4. The number of benzene rings is 1. The first-order valence-electron chi connectivity index (χ1n) is 4.68. The average Bonchev–Trinajstić information content (AvgIpc) is 2.03. The van der Waals surface area contributed by atoms with E-state index in [9.17, 15) is 4.39 Å². The number of hydrogen-bond acceptors (Lipinski definition) is 0. The second kappa shape index (κ2) is 2.64. The van der Waals surface area contributed by atoms with Crippen LogP contribution in [0.1, 0.15) is 24.8 Å². The van der Waals surface area contributed by atoms with E-state index in [-0.39, 0.29) is 10.8 Å². The van der Waals surface area contributed by atoms with Crippen molar-refractivity contribution in [3.8, 4) is 0 Å².